The number of nitrogens with zero attached hydrogens (tertiary/aromatic N) is 6. The highest BCUT2D eigenvalue weighted by Gasteiger charge is 2.30. The van der Waals surface area contributed by atoms with Crippen LogP contribution in [0, 0.1) is 6.92 Å². The van der Waals surface area contributed by atoms with Crippen molar-refractivity contribution in [2.75, 3.05) is 45.3 Å². The van der Waals surface area contributed by atoms with Crippen molar-refractivity contribution >= 4 is 33.2 Å². The lowest BCUT2D eigenvalue weighted by Crippen LogP contribution is -2.36. The maximum Gasteiger partial charge on any atom is 0.254 e. The van der Waals surface area contributed by atoms with E-state index in [-0.39, 0.29) is 4.90 Å². The van der Waals surface area contributed by atoms with Crippen molar-refractivity contribution in [3.8, 4) is 22.6 Å². The molecule has 4 aromatic rings. The van der Waals surface area contributed by atoms with Crippen molar-refractivity contribution in [3.05, 3.63) is 59.5 Å². The smallest absolute Gasteiger partial charge is 0.254 e. The maximum atomic E-state index is 13.5. The Bertz CT molecular complexity index is 1560. The van der Waals surface area contributed by atoms with Gasteiger partial charge in [-0.15, -0.1) is 0 Å². The number of hydrogen-bond donors (Lipinski definition) is 0. The SMILES string of the molecule is COc1ccc(-c2cnc3ncnn3c2N2CCCN(S(=O)(=O)c3cccc(Cl)c3C)CC2)cc1OC. The van der Waals surface area contributed by atoms with Gasteiger partial charge in [-0.3, -0.25) is 0 Å². The molecule has 10 nitrogen and oxygen atoms in total. The predicted molar refractivity (Wildman–Crippen MR) is 141 cm³/mol. The Morgan fingerprint density at radius 3 is 2.57 bits per heavy atom. The molecule has 0 N–H and O–H groups in total. The first-order chi connectivity index (χ1) is 17.8. The average molecular weight is 543 g/mol. The first-order valence-electron chi connectivity index (χ1n) is 11.8. The third kappa shape index (κ3) is 4.58. The van der Waals surface area contributed by atoms with Gasteiger partial charge >= 0.3 is 0 Å². The molecule has 0 unspecified atom stereocenters. The normalized spacial score (nSPS) is 15.1. The fraction of sp³-hybridized carbons (Fsp3) is 0.320. The van der Waals surface area contributed by atoms with Crippen LogP contribution in [-0.2, 0) is 10.0 Å². The van der Waals surface area contributed by atoms with Crippen LogP contribution >= 0.6 is 11.6 Å². The molecule has 0 radical (unpaired) electrons. The van der Waals surface area contributed by atoms with Crippen molar-refractivity contribution in [2.24, 2.45) is 0 Å². The molecule has 194 valence electrons. The molecule has 1 aliphatic rings. The lowest BCUT2D eigenvalue weighted by atomic mass is 10.1. The quantitative estimate of drug-likeness (QED) is 0.364. The Kier molecular flexibility index (Phi) is 6.93. The molecule has 0 amide bonds. The highest BCUT2D eigenvalue weighted by atomic mass is 35.5. The van der Waals surface area contributed by atoms with Gasteiger partial charge < -0.3 is 14.4 Å². The van der Waals surface area contributed by atoms with Crippen LogP contribution in [0.25, 0.3) is 16.9 Å². The van der Waals surface area contributed by atoms with Crippen molar-refractivity contribution in [1.29, 1.82) is 0 Å². The van der Waals surface area contributed by atoms with Crippen molar-refractivity contribution in [1.82, 2.24) is 23.9 Å². The van der Waals surface area contributed by atoms with Gasteiger partial charge in [0, 0.05) is 43.0 Å². The summed E-state index contributed by atoms with van der Waals surface area (Å²) in [6, 6.07) is 10.6. The van der Waals surface area contributed by atoms with Crippen LogP contribution in [-0.4, -0.2) is 72.7 Å². The van der Waals surface area contributed by atoms with E-state index in [1.165, 1.54) is 10.6 Å². The number of rotatable bonds is 6. The number of methoxy groups -OCH3 is 2. The number of benzene rings is 2. The number of aromatic nitrogens is 4. The summed E-state index contributed by atoms with van der Waals surface area (Å²) in [4.78, 5) is 11.1. The second-order valence-electron chi connectivity index (χ2n) is 8.64. The second-order valence-corrected chi connectivity index (χ2v) is 11.0. The lowest BCUT2D eigenvalue weighted by molar-refractivity contribution is 0.355. The van der Waals surface area contributed by atoms with Crippen LogP contribution in [0.15, 0.2) is 53.8 Å². The summed E-state index contributed by atoms with van der Waals surface area (Å²) in [5.41, 5.74) is 2.24. The van der Waals surface area contributed by atoms with Gasteiger partial charge in [-0.1, -0.05) is 23.7 Å². The van der Waals surface area contributed by atoms with Gasteiger partial charge in [0.1, 0.15) is 12.1 Å². The Morgan fingerprint density at radius 2 is 1.78 bits per heavy atom. The third-order valence-corrected chi connectivity index (χ3v) is 9.02. The largest absolute Gasteiger partial charge is 0.493 e. The predicted octanol–water partition coefficient (Wildman–Crippen LogP) is 3.67. The van der Waals surface area contributed by atoms with E-state index in [1.54, 1.807) is 50.1 Å². The Balaban J connectivity index is 1.52. The molecule has 5 rings (SSSR count). The molecule has 0 atom stereocenters. The zero-order valence-corrected chi connectivity index (χ0v) is 22.3. The molecule has 37 heavy (non-hydrogen) atoms. The van der Waals surface area contributed by atoms with E-state index in [4.69, 9.17) is 21.1 Å². The Morgan fingerprint density at radius 1 is 0.973 bits per heavy atom. The number of anilines is 1. The fourth-order valence-corrected chi connectivity index (χ4v) is 6.58. The van der Waals surface area contributed by atoms with Gasteiger partial charge in [0.2, 0.25) is 10.0 Å². The minimum Gasteiger partial charge on any atom is -0.493 e. The third-order valence-electron chi connectivity index (χ3n) is 6.57. The number of hydrogen-bond acceptors (Lipinski definition) is 8. The van der Waals surface area contributed by atoms with Crippen LogP contribution in [0.3, 0.4) is 0 Å². The van der Waals surface area contributed by atoms with Crippen molar-refractivity contribution in [2.45, 2.75) is 18.2 Å². The first kappa shape index (κ1) is 25.2. The van der Waals surface area contributed by atoms with Crippen molar-refractivity contribution < 1.29 is 17.9 Å². The van der Waals surface area contributed by atoms with Crippen LogP contribution in [0.2, 0.25) is 5.02 Å². The molecule has 1 saturated heterocycles. The van der Waals surface area contributed by atoms with Crippen LogP contribution in [0.4, 0.5) is 5.82 Å². The molecular formula is C25H27ClN6O4S. The van der Waals surface area contributed by atoms with E-state index >= 15 is 0 Å². The molecule has 0 bridgehead atoms. The van der Waals surface area contributed by atoms with E-state index in [1.807, 2.05) is 18.2 Å². The Labute approximate surface area is 220 Å². The highest BCUT2D eigenvalue weighted by Crippen LogP contribution is 2.37. The summed E-state index contributed by atoms with van der Waals surface area (Å²) in [6.07, 6.45) is 3.85. The summed E-state index contributed by atoms with van der Waals surface area (Å²) in [5.74, 6) is 2.46. The number of halogens is 1. The fourth-order valence-electron chi connectivity index (χ4n) is 4.63. The van der Waals surface area contributed by atoms with Gasteiger partial charge in [-0.05, 0) is 48.7 Å². The number of sulfonamides is 1. The Hall–Kier alpha value is -3.41. The minimum atomic E-state index is -3.71. The summed E-state index contributed by atoms with van der Waals surface area (Å²) in [6.45, 7) is 3.51. The second kappa shape index (κ2) is 10.2. The minimum absolute atomic E-state index is 0.238. The highest BCUT2D eigenvalue weighted by molar-refractivity contribution is 7.89. The molecule has 1 fully saturated rings. The van der Waals surface area contributed by atoms with Gasteiger partial charge in [0.25, 0.3) is 5.78 Å². The maximum absolute atomic E-state index is 13.5. The van der Waals surface area contributed by atoms with E-state index in [0.29, 0.717) is 60.5 Å². The summed E-state index contributed by atoms with van der Waals surface area (Å²) in [7, 11) is -0.529. The zero-order chi connectivity index (χ0) is 26.2. The van der Waals surface area contributed by atoms with Crippen LogP contribution in [0.5, 0.6) is 11.5 Å². The molecule has 2 aromatic carbocycles. The zero-order valence-electron chi connectivity index (χ0n) is 20.8. The summed E-state index contributed by atoms with van der Waals surface area (Å²) in [5, 5.41) is 4.86. The van der Waals surface area contributed by atoms with Crippen LogP contribution in [0.1, 0.15) is 12.0 Å². The van der Waals surface area contributed by atoms with Crippen LogP contribution < -0.4 is 14.4 Å². The monoisotopic (exact) mass is 542 g/mol. The van der Waals surface area contributed by atoms with Gasteiger partial charge in [-0.2, -0.15) is 18.9 Å². The molecule has 12 heteroatoms. The van der Waals surface area contributed by atoms with E-state index in [2.05, 4.69) is 20.0 Å². The molecule has 2 aromatic heterocycles. The summed E-state index contributed by atoms with van der Waals surface area (Å²) >= 11 is 6.23. The van der Waals surface area contributed by atoms with Gasteiger partial charge in [-0.25, -0.2) is 13.4 Å². The van der Waals surface area contributed by atoms with E-state index in [9.17, 15) is 8.42 Å². The van der Waals surface area contributed by atoms with E-state index in [0.717, 1.165) is 16.9 Å². The molecule has 0 spiro atoms. The standard InChI is InChI=1S/C25H27ClN6O4S/c1-17-20(26)6-4-7-23(17)37(33,34)31-11-5-10-30(12-13-31)24-19(15-27-25-28-16-29-32(24)25)18-8-9-21(35-2)22(14-18)36-3/h4,6-9,14-16H,5,10-13H2,1-3H3. The number of fused-ring (bicyclic) bond motifs is 1. The first-order valence-corrected chi connectivity index (χ1v) is 13.6. The average Bonchev–Trinajstić information content (AvgIpc) is 3.25. The molecule has 0 saturated carbocycles. The summed E-state index contributed by atoms with van der Waals surface area (Å²) < 4.78 is 41.2. The van der Waals surface area contributed by atoms with Gasteiger partial charge in [0.15, 0.2) is 11.5 Å². The topological polar surface area (TPSA) is 102 Å². The van der Waals surface area contributed by atoms with Gasteiger partial charge in [0.05, 0.1) is 19.1 Å². The number of ether oxygens (including phenoxy) is 2. The lowest BCUT2D eigenvalue weighted by Gasteiger charge is -2.26. The molecule has 0 aliphatic carbocycles. The van der Waals surface area contributed by atoms with E-state index < -0.39 is 10.0 Å². The molecular weight excluding hydrogens is 516 g/mol. The molecule has 1 aliphatic heterocycles. The van der Waals surface area contributed by atoms with Crippen molar-refractivity contribution in [3.63, 3.8) is 0 Å². The molecule has 3 heterocycles.